The van der Waals surface area contributed by atoms with E-state index in [1.165, 1.54) is 5.56 Å². The molecule has 1 unspecified atom stereocenters. The van der Waals surface area contributed by atoms with Crippen LogP contribution in [0.2, 0.25) is 0 Å². The highest BCUT2D eigenvalue weighted by Crippen LogP contribution is 2.32. The van der Waals surface area contributed by atoms with E-state index < -0.39 is 15.8 Å². The Labute approximate surface area is 113 Å². The number of carboxylic acid groups (broad SMARTS) is 1. The highest BCUT2D eigenvalue weighted by Gasteiger charge is 2.25. The van der Waals surface area contributed by atoms with Crippen LogP contribution < -0.4 is 0 Å². The smallest absolute Gasteiger partial charge is 0.304 e. The summed E-state index contributed by atoms with van der Waals surface area (Å²) in [7, 11) is -3.30. The zero-order valence-electron chi connectivity index (χ0n) is 10.7. The number of hydrogen-bond acceptors (Lipinski definition) is 3. The first-order chi connectivity index (χ1) is 8.98. The van der Waals surface area contributed by atoms with Crippen molar-refractivity contribution in [3.63, 3.8) is 0 Å². The third kappa shape index (κ3) is 3.80. The van der Waals surface area contributed by atoms with Crippen molar-refractivity contribution < 1.29 is 18.3 Å². The molecule has 1 aliphatic carbocycles. The topological polar surface area (TPSA) is 71.4 Å². The molecule has 4 nitrogen and oxygen atoms in total. The minimum atomic E-state index is -3.30. The largest absolute Gasteiger partial charge is 0.481 e. The van der Waals surface area contributed by atoms with Crippen LogP contribution in [0.25, 0.3) is 0 Å². The number of rotatable bonds is 5. The highest BCUT2D eigenvalue weighted by atomic mass is 32.2. The molecule has 0 heterocycles. The van der Waals surface area contributed by atoms with Gasteiger partial charge in [0.05, 0.1) is 17.9 Å². The molecule has 0 amide bonds. The van der Waals surface area contributed by atoms with Crippen molar-refractivity contribution in [3.8, 4) is 0 Å². The molecule has 0 radical (unpaired) electrons. The molecule has 5 heteroatoms. The maximum absolute atomic E-state index is 11.9. The molecule has 0 saturated carbocycles. The SMILES string of the molecule is O=C(O)CCS(=O)(=O)CC1CCCc2ccccc21. The molecule has 2 rings (SSSR count). The van der Waals surface area contributed by atoms with E-state index in [1.54, 1.807) is 0 Å². The lowest BCUT2D eigenvalue weighted by Gasteiger charge is -2.25. The summed E-state index contributed by atoms with van der Waals surface area (Å²) >= 11 is 0. The second kappa shape index (κ2) is 5.74. The Balaban J connectivity index is 2.10. The summed E-state index contributed by atoms with van der Waals surface area (Å²) < 4.78 is 23.9. The maximum atomic E-state index is 11.9. The number of carboxylic acids is 1. The van der Waals surface area contributed by atoms with Crippen LogP contribution in [0.4, 0.5) is 0 Å². The third-order valence-electron chi connectivity index (χ3n) is 3.58. The van der Waals surface area contributed by atoms with E-state index in [0.717, 1.165) is 24.8 Å². The van der Waals surface area contributed by atoms with Crippen LogP contribution in [-0.2, 0) is 21.1 Å². The van der Waals surface area contributed by atoms with Crippen LogP contribution >= 0.6 is 0 Å². The molecule has 0 saturated heterocycles. The Morgan fingerprint density at radius 1 is 1.32 bits per heavy atom. The normalized spacial score (nSPS) is 18.8. The Morgan fingerprint density at radius 2 is 2.05 bits per heavy atom. The van der Waals surface area contributed by atoms with Gasteiger partial charge in [-0.05, 0) is 36.3 Å². The van der Waals surface area contributed by atoms with Gasteiger partial charge in [0.15, 0.2) is 9.84 Å². The minimum Gasteiger partial charge on any atom is -0.481 e. The molecule has 1 aromatic carbocycles. The second-order valence-electron chi connectivity index (χ2n) is 5.05. The molecule has 1 atom stereocenters. The molecule has 0 bridgehead atoms. The summed E-state index contributed by atoms with van der Waals surface area (Å²) in [6.07, 6.45) is 2.55. The summed E-state index contributed by atoms with van der Waals surface area (Å²) in [5.74, 6) is -1.24. The van der Waals surface area contributed by atoms with E-state index in [9.17, 15) is 13.2 Å². The van der Waals surface area contributed by atoms with Gasteiger partial charge >= 0.3 is 5.97 Å². The predicted molar refractivity (Wildman–Crippen MR) is 73.0 cm³/mol. The van der Waals surface area contributed by atoms with Crippen molar-refractivity contribution in [2.24, 2.45) is 0 Å². The lowest BCUT2D eigenvalue weighted by Crippen LogP contribution is -2.22. The van der Waals surface area contributed by atoms with Crippen molar-refractivity contribution in [1.29, 1.82) is 0 Å². The highest BCUT2D eigenvalue weighted by molar-refractivity contribution is 7.91. The first kappa shape index (κ1) is 14.1. The average molecular weight is 282 g/mol. The molecule has 1 aliphatic rings. The monoisotopic (exact) mass is 282 g/mol. The van der Waals surface area contributed by atoms with Crippen molar-refractivity contribution in [3.05, 3.63) is 35.4 Å². The Kier molecular flexibility index (Phi) is 4.24. The lowest BCUT2D eigenvalue weighted by molar-refractivity contribution is -0.136. The molecule has 1 N–H and O–H groups in total. The number of fused-ring (bicyclic) bond motifs is 1. The lowest BCUT2D eigenvalue weighted by atomic mass is 9.84. The van der Waals surface area contributed by atoms with Crippen molar-refractivity contribution in [2.45, 2.75) is 31.6 Å². The summed E-state index contributed by atoms with van der Waals surface area (Å²) in [5, 5.41) is 8.58. The van der Waals surface area contributed by atoms with Gasteiger partial charge in [-0.25, -0.2) is 8.42 Å². The number of carbonyl (C=O) groups is 1. The van der Waals surface area contributed by atoms with Gasteiger partial charge in [0.1, 0.15) is 0 Å². The third-order valence-corrected chi connectivity index (χ3v) is 5.31. The first-order valence-corrected chi connectivity index (χ1v) is 8.30. The maximum Gasteiger partial charge on any atom is 0.304 e. The Morgan fingerprint density at radius 3 is 2.79 bits per heavy atom. The van der Waals surface area contributed by atoms with Gasteiger partial charge in [-0.2, -0.15) is 0 Å². The van der Waals surface area contributed by atoms with Gasteiger partial charge in [-0.3, -0.25) is 4.79 Å². The zero-order chi connectivity index (χ0) is 13.9. The predicted octanol–water partition coefficient (Wildman–Crippen LogP) is 2.00. The van der Waals surface area contributed by atoms with Gasteiger partial charge in [0.2, 0.25) is 0 Å². The van der Waals surface area contributed by atoms with Gasteiger partial charge in [-0.1, -0.05) is 24.3 Å². The molecule has 104 valence electrons. The van der Waals surface area contributed by atoms with Crippen LogP contribution in [0.1, 0.15) is 36.3 Å². The second-order valence-corrected chi connectivity index (χ2v) is 7.27. The van der Waals surface area contributed by atoms with E-state index >= 15 is 0 Å². The minimum absolute atomic E-state index is 0.0174. The first-order valence-electron chi connectivity index (χ1n) is 6.48. The van der Waals surface area contributed by atoms with Crippen LogP contribution in [0.15, 0.2) is 24.3 Å². The van der Waals surface area contributed by atoms with E-state index in [2.05, 4.69) is 0 Å². The van der Waals surface area contributed by atoms with Crippen LogP contribution in [0.5, 0.6) is 0 Å². The Bertz CT molecular complexity index is 563. The average Bonchev–Trinajstić information content (AvgIpc) is 2.37. The van der Waals surface area contributed by atoms with Crippen molar-refractivity contribution >= 4 is 15.8 Å². The zero-order valence-corrected chi connectivity index (χ0v) is 11.5. The number of aliphatic carboxylic acids is 1. The fourth-order valence-electron chi connectivity index (χ4n) is 2.66. The fraction of sp³-hybridized carbons (Fsp3) is 0.500. The van der Waals surface area contributed by atoms with Crippen molar-refractivity contribution in [1.82, 2.24) is 0 Å². The number of sulfone groups is 1. The van der Waals surface area contributed by atoms with E-state index in [1.807, 2.05) is 24.3 Å². The molecule has 0 aliphatic heterocycles. The number of hydrogen-bond donors (Lipinski definition) is 1. The molecule has 0 fully saturated rings. The Hall–Kier alpha value is -1.36. The van der Waals surface area contributed by atoms with E-state index in [4.69, 9.17) is 5.11 Å². The van der Waals surface area contributed by atoms with E-state index in [-0.39, 0.29) is 23.8 Å². The molecule has 1 aromatic rings. The van der Waals surface area contributed by atoms with E-state index in [0.29, 0.717) is 0 Å². The molecule has 19 heavy (non-hydrogen) atoms. The number of aryl methyl sites for hydroxylation is 1. The quantitative estimate of drug-likeness (QED) is 0.896. The standard InChI is InChI=1S/C14H18O4S/c15-14(16)8-9-19(17,18)10-12-6-3-5-11-4-1-2-7-13(11)12/h1-2,4,7,12H,3,5-6,8-10H2,(H,15,16). The van der Waals surface area contributed by atoms with Gasteiger partial charge in [0.25, 0.3) is 0 Å². The number of benzene rings is 1. The fourth-order valence-corrected chi connectivity index (χ4v) is 4.27. The van der Waals surface area contributed by atoms with Crippen LogP contribution in [0.3, 0.4) is 0 Å². The summed E-state index contributed by atoms with van der Waals surface area (Å²) in [6, 6.07) is 7.94. The van der Waals surface area contributed by atoms with Crippen LogP contribution in [0, 0.1) is 0 Å². The van der Waals surface area contributed by atoms with Gasteiger partial charge in [-0.15, -0.1) is 0 Å². The summed E-state index contributed by atoms with van der Waals surface area (Å²) in [5.41, 5.74) is 2.35. The summed E-state index contributed by atoms with van der Waals surface area (Å²) in [6.45, 7) is 0. The molecular formula is C14H18O4S. The van der Waals surface area contributed by atoms with Crippen molar-refractivity contribution in [2.75, 3.05) is 11.5 Å². The molecule has 0 aromatic heterocycles. The molecular weight excluding hydrogens is 264 g/mol. The summed E-state index contributed by atoms with van der Waals surface area (Å²) in [4.78, 5) is 10.5. The molecule has 0 spiro atoms. The van der Waals surface area contributed by atoms with Gasteiger partial charge < -0.3 is 5.11 Å². The van der Waals surface area contributed by atoms with Crippen LogP contribution in [-0.4, -0.2) is 31.0 Å². The van der Waals surface area contributed by atoms with Gasteiger partial charge in [0, 0.05) is 0 Å².